The number of fused-ring (bicyclic) bond motifs is 5. The summed E-state index contributed by atoms with van der Waals surface area (Å²) in [6, 6.07) is 14.9. The van der Waals surface area contributed by atoms with Gasteiger partial charge in [-0.25, -0.2) is 17.2 Å². The maximum absolute atomic E-state index is 15.6. The van der Waals surface area contributed by atoms with E-state index in [9.17, 15) is 13.2 Å². The number of nitrogens with zero attached hydrogens (tertiary/aromatic N) is 1. The highest BCUT2D eigenvalue weighted by molar-refractivity contribution is 7.91. The zero-order valence-electron chi connectivity index (χ0n) is 29.2. The minimum Gasteiger partial charge on any atom is -0.469 e. The summed E-state index contributed by atoms with van der Waals surface area (Å²) in [7, 11) is -2.22. The first-order valence-electron chi connectivity index (χ1n) is 16.7. The van der Waals surface area contributed by atoms with Crippen LogP contribution in [0.3, 0.4) is 0 Å². The molecule has 3 N–H and O–H groups in total. The molecule has 1 aromatic heterocycles. The third-order valence-electron chi connectivity index (χ3n) is 9.43. The highest BCUT2D eigenvalue weighted by atomic mass is 32.2. The number of aliphatic imine (C=N–C) groups is 1. The van der Waals surface area contributed by atoms with E-state index in [0.717, 1.165) is 11.1 Å². The molecule has 266 valence electrons. The number of carbonyl (C=O) groups is 1. The zero-order chi connectivity index (χ0) is 36.3. The molecule has 0 amide bonds. The van der Waals surface area contributed by atoms with E-state index in [-0.39, 0.29) is 52.6 Å². The summed E-state index contributed by atoms with van der Waals surface area (Å²) < 4.78 is 68.8. The predicted molar refractivity (Wildman–Crippen MR) is 194 cm³/mol. The molecule has 2 atom stereocenters. The van der Waals surface area contributed by atoms with Gasteiger partial charge < -0.3 is 20.2 Å². The van der Waals surface area contributed by atoms with Crippen LogP contribution in [0.15, 0.2) is 71.9 Å². The van der Waals surface area contributed by atoms with E-state index < -0.39 is 32.4 Å². The first-order valence-corrected chi connectivity index (χ1v) is 18.6. The van der Waals surface area contributed by atoms with Gasteiger partial charge in [-0.05, 0) is 79.5 Å². The fourth-order valence-corrected chi connectivity index (χ4v) is 8.72. The number of allylic oxidation sites excluding steroid dienone is 1. The summed E-state index contributed by atoms with van der Waals surface area (Å²) in [6.07, 6.45) is 7.06. The van der Waals surface area contributed by atoms with Crippen LogP contribution in [0, 0.1) is 23.0 Å². The highest BCUT2D eigenvalue weighted by Gasteiger charge is 2.31. The fraction of sp³-hybridized carbons (Fsp3) is 0.385. The summed E-state index contributed by atoms with van der Waals surface area (Å²) in [4.78, 5) is 20.0. The summed E-state index contributed by atoms with van der Waals surface area (Å²) in [6.45, 7) is 7.68. The Morgan fingerprint density at radius 3 is 2.62 bits per heavy atom. The van der Waals surface area contributed by atoms with Gasteiger partial charge in [-0.1, -0.05) is 51.5 Å². The van der Waals surface area contributed by atoms with Crippen molar-refractivity contribution in [3.8, 4) is 11.5 Å². The zero-order valence-corrected chi connectivity index (χ0v) is 30.0. The van der Waals surface area contributed by atoms with Crippen LogP contribution in [-0.2, 0) is 37.7 Å². The average molecular weight is 706 g/mol. The molecule has 8 nitrogen and oxygen atoms in total. The quantitative estimate of drug-likeness (QED) is 0.207. The van der Waals surface area contributed by atoms with Crippen LogP contribution in [0.1, 0.15) is 69.2 Å². The molecule has 2 bridgehead atoms. The van der Waals surface area contributed by atoms with Crippen LogP contribution in [0.4, 0.5) is 8.78 Å². The van der Waals surface area contributed by atoms with E-state index in [4.69, 9.17) is 20.2 Å². The number of nitrogens with one attached hydrogen (secondary N) is 1. The number of sulfone groups is 1. The molecule has 3 aromatic carbocycles. The number of aryl methyl sites for hydroxylation is 1. The minimum atomic E-state index is -3.59. The van der Waals surface area contributed by atoms with Crippen molar-refractivity contribution in [3.63, 3.8) is 0 Å². The molecule has 1 aliphatic rings. The number of H-pyrrole nitrogens is 1. The topological polar surface area (TPSA) is 124 Å². The van der Waals surface area contributed by atoms with Crippen LogP contribution in [0.25, 0.3) is 16.6 Å². The highest BCUT2D eigenvalue weighted by Crippen LogP contribution is 2.38. The van der Waals surface area contributed by atoms with E-state index in [1.54, 1.807) is 18.5 Å². The number of halogens is 2. The number of ether oxygens (including phenoxy) is 2. The van der Waals surface area contributed by atoms with Gasteiger partial charge in [0.25, 0.3) is 0 Å². The van der Waals surface area contributed by atoms with Crippen molar-refractivity contribution in [1.29, 1.82) is 0 Å². The molecule has 0 radical (unpaired) electrons. The van der Waals surface area contributed by atoms with Crippen molar-refractivity contribution < 1.29 is 31.5 Å². The van der Waals surface area contributed by atoms with Gasteiger partial charge in [0, 0.05) is 46.2 Å². The molecular weight excluding hydrogens is 661 g/mol. The second kappa shape index (κ2) is 14.8. The Morgan fingerprint density at radius 1 is 1.08 bits per heavy atom. The van der Waals surface area contributed by atoms with E-state index in [2.05, 4.69) is 4.98 Å². The monoisotopic (exact) mass is 705 g/mol. The number of hydrogen-bond donors (Lipinski definition) is 2. The Bertz CT molecular complexity index is 2050. The van der Waals surface area contributed by atoms with Crippen molar-refractivity contribution in [3.05, 3.63) is 101 Å². The molecule has 5 rings (SSSR count). The van der Waals surface area contributed by atoms with E-state index in [1.807, 2.05) is 52.0 Å². The molecule has 0 saturated heterocycles. The number of hydrogen-bond acceptors (Lipinski definition) is 7. The predicted octanol–water partition coefficient (Wildman–Crippen LogP) is 8.04. The smallest absolute Gasteiger partial charge is 0.308 e. The summed E-state index contributed by atoms with van der Waals surface area (Å²) >= 11 is 0. The maximum atomic E-state index is 15.6. The standard InChI is InChI=1S/C39H45F2N3O5S/c1-25(37(45)48-5)20-26-8-6-9-27(21-26)39(4)16-7-15-38(2,3)24-50(46,47)19-14-30-29-12-17-43-35(29)23-33(41)36(30)49-28-10-11-32(40)31(22-28)34(42)13-18-44-39/h6,8-13,17-18,21-23,25,43H,7,14-16,19-20,24,42H2,1-5H3/t25-,39?/m1/s1. The fourth-order valence-electron chi connectivity index (χ4n) is 6.72. The lowest BCUT2D eigenvalue weighted by atomic mass is 9.82. The molecule has 4 aromatic rings. The van der Waals surface area contributed by atoms with Gasteiger partial charge in [0.15, 0.2) is 21.4 Å². The molecule has 0 aliphatic carbocycles. The first-order chi connectivity index (χ1) is 23.6. The molecule has 1 unspecified atom stereocenters. The molecule has 50 heavy (non-hydrogen) atoms. The minimum absolute atomic E-state index is 0.0206. The van der Waals surface area contributed by atoms with Crippen molar-refractivity contribution >= 4 is 38.6 Å². The number of aromatic nitrogens is 1. The summed E-state index contributed by atoms with van der Waals surface area (Å²) in [5, 5.41) is 0.641. The Balaban J connectivity index is 1.57. The van der Waals surface area contributed by atoms with E-state index in [0.29, 0.717) is 42.1 Å². The Kier molecular flexibility index (Phi) is 10.9. The number of esters is 1. The third-order valence-corrected chi connectivity index (χ3v) is 11.5. The number of aromatic amines is 1. The van der Waals surface area contributed by atoms with Crippen molar-refractivity contribution in [1.82, 2.24) is 4.98 Å². The number of rotatable bonds is 4. The lowest BCUT2D eigenvalue weighted by Crippen LogP contribution is -2.28. The van der Waals surface area contributed by atoms with Crippen LogP contribution < -0.4 is 10.5 Å². The van der Waals surface area contributed by atoms with E-state index in [1.165, 1.54) is 37.5 Å². The van der Waals surface area contributed by atoms with Crippen LogP contribution in [-0.4, -0.2) is 44.2 Å². The van der Waals surface area contributed by atoms with Crippen LogP contribution >= 0.6 is 0 Å². The Labute approximate surface area is 292 Å². The second-order valence-corrected chi connectivity index (χ2v) is 16.4. The molecule has 2 heterocycles. The Hall–Kier alpha value is -4.51. The number of benzene rings is 3. The molecule has 0 spiro atoms. The van der Waals surface area contributed by atoms with Crippen molar-refractivity contribution in [2.45, 2.75) is 65.3 Å². The summed E-state index contributed by atoms with van der Waals surface area (Å²) in [5.41, 5.74) is 7.98. The molecule has 0 saturated carbocycles. The normalized spacial score (nSPS) is 20.3. The second-order valence-electron chi connectivity index (χ2n) is 14.2. The lowest BCUT2D eigenvalue weighted by molar-refractivity contribution is -0.144. The Morgan fingerprint density at radius 2 is 1.86 bits per heavy atom. The van der Waals surface area contributed by atoms with Gasteiger partial charge in [0.1, 0.15) is 11.6 Å². The van der Waals surface area contributed by atoms with Crippen molar-refractivity contribution in [2.24, 2.45) is 22.1 Å². The number of methoxy groups -OCH3 is 1. The van der Waals surface area contributed by atoms with Gasteiger partial charge >= 0.3 is 5.97 Å². The molecular formula is C39H45F2N3O5S. The van der Waals surface area contributed by atoms with Gasteiger partial charge in [-0.3, -0.25) is 9.79 Å². The van der Waals surface area contributed by atoms with E-state index >= 15 is 8.78 Å². The van der Waals surface area contributed by atoms with Gasteiger partial charge in [0.2, 0.25) is 0 Å². The maximum Gasteiger partial charge on any atom is 0.308 e. The van der Waals surface area contributed by atoms with Crippen LogP contribution in [0.5, 0.6) is 11.5 Å². The van der Waals surface area contributed by atoms with Gasteiger partial charge in [-0.15, -0.1) is 0 Å². The third kappa shape index (κ3) is 8.61. The first kappa shape index (κ1) is 36.8. The largest absolute Gasteiger partial charge is 0.469 e. The lowest BCUT2D eigenvalue weighted by Gasteiger charge is -2.30. The van der Waals surface area contributed by atoms with Crippen molar-refractivity contribution in [2.75, 3.05) is 18.6 Å². The van der Waals surface area contributed by atoms with Crippen LogP contribution in [0.2, 0.25) is 0 Å². The number of nitrogens with two attached hydrogens (primary N) is 1. The molecule has 11 heteroatoms. The molecule has 1 aliphatic heterocycles. The summed E-state index contributed by atoms with van der Waals surface area (Å²) in [5.74, 6) is -2.15. The number of carbonyl (C=O) groups excluding carboxylic acids is 1. The van der Waals surface area contributed by atoms with Gasteiger partial charge in [0.05, 0.1) is 30.1 Å². The molecule has 0 fully saturated rings. The van der Waals surface area contributed by atoms with Gasteiger partial charge in [-0.2, -0.15) is 0 Å². The SMILES string of the molecule is COC(=O)[C@H](C)Cc1cccc(C2(C)CCCC(C)(C)CS(=O)(=O)CCc3c(c(F)cc4[nH]ccc34)Oc3ccc(F)c(c3)C(N)=CC=N2)c1. The average Bonchev–Trinajstić information content (AvgIpc) is 3.52.